The molecule has 4 nitrogen and oxygen atoms in total. The zero-order valence-electron chi connectivity index (χ0n) is 10.8. The van der Waals surface area contributed by atoms with Gasteiger partial charge in [0, 0.05) is 0 Å². The fourth-order valence-corrected chi connectivity index (χ4v) is 1.47. The van der Waals surface area contributed by atoms with Crippen molar-refractivity contribution < 1.29 is 4.74 Å². The van der Waals surface area contributed by atoms with Crippen molar-refractivity contribution in [2.45, 2.75) is 20.8 Å². The van der Waals surface area contributed by atoms with Gasteiger partial charge >= 0.3 is 0 Å². The third-order valence-electron chi connectivity index (χ3n) is 2.22. The fraction of sp³-hybridized carbons (Fsp3) is 0.308. The van der Waals surface area contributed by atoms with Gasteiger partial charge in [0.1, 0.15) is 17.9 Å². The summed E-state index contributed by atoms with van der Waals surface area (Å²) in [6, 6.07) is 5.98. The summed E-state index contributed by atoms with van der Waals surface area (Å²) in [6.07, 6.45) is 3.43. The van der Waals surface area contributed by atoms with E-state index in [0.717, 1.165) is 17.0 Å². The Labute approximate surface area is 102 Å². The number of hydrogen-bond acceptors (Lipinski definition) is 3. The lowest BCUT2D eigenvalue weighted by molar-refractivity contribution is 0.412. The molecule has 0 saturated heterocycles. The molecule has 2 rings (SSSR count). The quantitative estimate of drug-likeness (QED) is 0.867. The van der Waals surface area contributed by atoms with Crippen LogP contribution in [0, 0.1) is 6.92 Å². The molecule has 1 aromatic heterocycles. The lowest BCUT2D eigenvalue weighted by atomic mass is 10.2. The highest BCUT2D eigenvalue weighted by Gasteiger charge is 2.05. The minimum Gasteiger partial charge on any atom is -0.495 e. The average molecular weight is 233 g/mol. The van der Waals surface area contributed by atoms with Crippen LogP contribution in [0.15, 0.2) is 30.7 Å². The summed E-state index contributed by atoms with van der Waals surface area (Å²) >= 11 is 0. The molecule has 92 valence electrons. The van der Waals surface area contributed by atoms with E-state index in [-0.39, 0.29) is 0 Å². The first-order valence-corrected chi connectivity index (χ1v) is 5.65. The van der Waals surface area contributed by atoms with Crippen molar-refractivity contribution >= 4 is 5.82 Å². The highest BCUT2D eigenvalue weighted by Crippen LogP contribution is 2.24. The molecule has 1 aromatic carbocycles. The van der Waals surface area contributed by atoms with Crippen molar-refractivity contribution in [3.8, 4) is 11.4 Å². The molecule has 4 heteroatoms. The van der Waals surface area contributed by atoms with Gasteiger partial charge in [-0.05, 0) is 24.6 Å². The van der Waals surface area contributed by atoms with E-state index < -0.39 is 0 Å². The second kappa shape index (κ2) is 5.94. The van der Waals surface area contributed by atoms with E-state index >= 15 is 0 Å². The fourth-order valence-electron chi connectivity index (χ4n) is 1.47. The monoisotopic (exact) mass is 233 g/mol. The summed E-state index contributed by atoms with van der Waals surface area (Å²) in [5, 5.41) is 0. The summed E-state index contributed by atoms with van der Waals surface area (Å²) in [5.74, 6) is 1.31. The van der Waals surface area contributed by atoms with Gasteiger partial charge in [0.25, 0.3) is 0 Å². The third-order valence-corrected chi connectivity index (χ3v) is 2.22. The third kappa shape index (κ3) is 3.00. The van der Waals surface area contributed by atoms with Crippen LogP contribution in [-0.2, 0) is 0 Å². The summed E-state index contributed by atoms with van der Waals surface area (Å²) in [6.45, 7) is 6.02. The summed E-state index contributed by atoms with van der Waals surface area (Å²) in [5.41, 5.74) is 7.66. The number of methoxy groups -OCH3 is 1. The van der Waals surface area contributed by atoms with Crippen LogP contribution in [-0.4, -0.2) is 16.7 Å². The summed E-state index contributed by atoms with van der Waals surface area (Å²) in [4.78, 5) is 3.98. The summed E-state index contributed by atoms with van der Waals surface area (Å²) in [7, 11) is 1.65. The number of imidazole rings is 1. The smallest absolute Gasteiger partial charge is 0.143 e. The highest BCUT2D eigenvalue weighted by molar-refractivity contribution is 5.49. The first-order valence-electron chi connectivity index (χ1n) is 5.65. The Balaban J connectivity index is 0.000000686. The molecule has 0 aliphatic heterocycles. The number of aryl methyl sites for hydroxylation is 1. The van der Waals surface area contributed by atoms with Crippen molar-refractivity contribution in [3.05, 3.63) is 36.3 Å². The number of aromatic nitrogens is 2. The largest absolute Gasteiger partial charge is 0.495 e. The van der Waals surface area contributed by atoms with Gasteiger partial charge in [-0.3, -0.25) is 0 Å². The topological polar surface area (TPSA) is 53.1 Å². The first-order chi connectivity index (χ1) is 8.20. The Kier molecular flexibility index (Phi) is 4.57. The number of nitrogen functional groups attached to an aromatic ring is 1. The highest BCUT2D eigenvalue weighted by atomic mass is 16.5. The molecule has 0 unspecified atom stereocenters. The maximum atomic E-state index is 5.56. The Morgan fingerprint density at radius 1 is 1.29 bits per heavy atom. The van der Waals surface area contributed by atoms with Gasteiger partial charge in [-0.1, -0.05) is 19.9 Å². The van der Waals surface area contributed by atoms with Crippen LogP contribution in [0.3, 0.4) is 0 Å². The van der Waals surface area contributed by atoms with Crippen molar-refractivity contribution in [3.63, 3.8) is 0 Å². The van der Waals surface area contributed by atoms with E-state index in [2.05, 4.69) is 4.98 Å². The standard InChI is InChI=1S/C11H13N3O.C2H6/c1-8-3-4-9(10(5-8)15-2)14-6-11(12)13-7-14;1-2/h3-7H,12H2,1-2H3;1-2H3. The van der Waals surface area contributed by atoms with Crippen LogP contribution in [0.5, 0.6) is 5.75 Å². The number of benzene rings is 1. The van der Waals surface area contributed by atoms with Crippen LogP contribution in [0.1, 0.15) is 19.4 Å². The molecular formula is C13H19N3O. The molecular weight excluding hydrogens is 214 g/mol. The molecule has 0 saturated carbocycles. The molecule has 17 heavy (non-hydrogen) atoms. The van der Waals surface area contributed by atoms with Crippen LogP contribution in [0.4, 0.5) is 5.82 Å². The minimum absolute atomic E-state index is 0.498. The van der Waals surface area contributed by atoms with Gasteiger partial charge in [-0.15, -0.1) is 0 Å². The van der Waals surface area contributed by atoms with Gasteiger partial charge in [-0.2, -0.15) is 0 Å². The normalized spacial score (nSPS) is 9.41. The summed E-state index contributed by atoms with van der Waals surface area (Å²) < 4.78 is 7.14. The second-order valence-electron chi connectivity index (χ2n) is 3.38. The van der Waals surface area contributed by atoms with E-state index in [1.807, 2.05) is 43.5 Å². The number of nitrogens with two attached hydrogens (primary N) is 1. The Morgan fingerprint density at radius 3 is 2.53 bits per heavy atom. The van der Waals surface area contributed by atoms with Crippen molar-refractivity contribution in [1.82, 2.24) is 9.55 Å². The second-order valence-corrected chi connectivity index (χ2v) is 3.38. The average Bonchev–Trinajstić information content (AvgIpc) is 2.78. The molecule has 0 spiro atoms. The lowest BCUT2D eigenvalue weighted by Crippen LogP contribution is -1.95. The van der Waals surface area contributed by atoms with E-state index in [1.54, 1.807) is 19.6 Å². The van der Waals surface area contributed by atoms with E-state index in [9.17, 15) is 0 Å². The maximum absolute atomic E-state index is 5.56. The molecule has 2 N–H and O–H groups in total. The maximum Gasteiger partial charge on any atom is 0.143 e. The zero-order valence-corrected chi connectivity index (χ0v) is 10.8. The van der Waals surface area contributed by atoms with Crippen LogP contribution >= 0.6 is 0 Å². The van der Waals surface area contributed by atoms with Gasteiger partial charge < -0.3 is 15.0 Å². The van der Waals surface area contributed by atoms with Gasteiger partial charge in [0.15, 0.2) is 0 Å². The first kappa shape index (κ1) is 13.1. The Morgan fingerprint density at radius 2 is 2.00 bits per heavy atom. The number of anilines is 1. The van der Waals surface area contributed by atoms with Crippen molar-refractivity contribution in [2.24, 2.45) is 0 Å². The molecule has 0 aliphatic rings. The molecule has 1 heterocycles. The van der Waals surface area contributed by atoms with Gasteiger partial charge in [0.05, 0.1) is 19.0 Å². The number of hydrogen-bond donors (Lipinski definition) is 1. The van der Waals surface area contributed by atoms with Crippen LogP contribution in [0.2, 0.25) is 0 Å². The number of ether oxygens (including phenoxy) is 1. The van der Waals surface area contributed by atoms with Gasteiger partial charge in [0.2, 0.25) is 0 Å². The predicted octanol–water partition coefficient (Wildman–Crippen LogP) is 2.80. The van der Waals surface area contributed by atoms with E-state index in [0.29, 0.717) is 5.82 Å². The zero-order chi connectivity index (χ0) is 12.8. The van der Waals surface area contributed by atoms with Crippen LogP contribution < -0.4 is 10.5 Å². The van der Waals surface area contributed by atoms with Crippen molar-refractivity contribution in [1.29, 1.82) is 0 Å². The molecule has 0 atom stereocenters. The van der Waals surface area contributed by atoms with Crippen LogP contribution in [0.25, 0.3) is 5.69 Å². The number of rotatable bonds is 2. The Hall–Kier alpha value is -1.97. The Bertz CT molecular complexity index is 477. The molecule has 0 fully saturated rings. The lowest BCUT2D eigenvalue weighted by Gasteiger charge is -2.09. The predicted molar refractivity (Wildman–Crippen MR) is 70.6 cm³/mol. The van der Waals surface area contributed by atoms with Gasteiger partial charge in [-0.25, -0.2) is 4.98 Å². The molecule has 0 aliphatic carbocycles. The van der Waals surface area contributed by atoms with Crippen molar-refractivity contribution in [2.75, 3.05) is 12.8 Å². The van der Waals surface area contributed by atoms with E-state index in [4.69, 9.17) is 10.5 Å². The minimum atomic E-state index is 0.498. The molecule has 0 radical (unpaired) electrons. The molecule has 0 bridgehead atoms. The molecule has 0 amide bonds. The SMILES string of the molecule is CC.COc1cc(C)ccc1-n1cnc(N)c1. The van der Waals surface area contributed by atoms with E-state index in [1.165, 1.54) is 0 Å². The number of nitrogens with zero attached hydrogens (tertiary/aromatic N) is 2. The molecule has 2 aromatic rings.